The summed E-state index contributed by atoms with van der Waals surface area (Å²) in [7, 11) is 0. The third-order valence-electron chi connectivity index (χ3n) is 3.82. The zero-order valence-corrected chi connectivity index (χ0v) is 13.8. The molecule has 2 aromatic rings. The fraction of sp³-hybridized carbons (Fsp3) is 0.389. The summed E-state index contributed by atoms with van der Waals surface area (Å²) < 4.78 is 16.8. The second-order valence-electron chi connectivity index (χ2n) is 5.69. The maximum Gasteiger partial charge on any atom is 0.258 e. The first-order valence-electron chi connectivity index (χ1n) is 8.23. The van der Waals surface area contributed by atoms with Crippen molar-refractivity contribution in [3.8, 4) is 5.75 Å². The first-order valence-corrected chi connectivity index (χ1v) is 8.23. The van der Waals surface area contributed by atoms with Crippen LogP contribution < -0.4 is 10.1 Å². The second kappa shape index (κ2) is 9.10. The molecular formula is C18H21N3O4. The molecule has 3 heterocycles. The molecule has 1 N–H and O–H groups in total. The highest BCUT2D eigenvalue weighted by Gasteiger charge is 2.28. The van der Waals surface area contributed by atoms with E-state index in [0.717, 1.165) is 12.1 Å². The van der Waals surface area contributed by atoms with Gasteiger partial charge in [0.1, 0.15) is 5.75 Å². The Morgan fingerprint density at radius 2 is 2.24 bits per heavy atom. The van der Waals surface area contributed by atoms with E-state index in [1.807, 2.05) is 18.2 Å². The Labute approximate surface area is 146 Å². The Morgan fingerprint density at radius 1 is 1.28 bits per heavy atom. The fourth-order valence-corrected chi connectivity index (χ4v) is 2.56. The second-order valence-corrected chi connectivity index (χ2v) is 5.69. The standard InChI is InChI=1S/C18H21N3O4/c22-18(13-24-15-5-3-7-19-10-15)21-16-12-23-9-6-17(16)25-11-14-4-1-2-8-20-14/h1-5,7-8,10,16-17H,6,9,11-13H2,(H,21,22)/t16-,17-/m1/s1. The van der Waals surface area contributed by atoms with Gasteiger partial charge in [-0.2, -0.15) is 0 Å². The SMILES string of the molecule is O=C(COc1cccnc1)N[C@@H]1COCC[C@H]1OCc1ccccn1. The number of nitrogens with one attached hydrogen (secondary N) is 1. The van der Waals surface area contributed by atoms with Crippen LogP contribution >= 0.6 is 0 Å². The first-order chi connectivity index (χ1) is 12.3. The van der Waals surface area contributed by atoms with E-state index >= 15 is 0 Å². The zero-order valence-electron chi connectivity index (χ0n) is 13.8. The summed E-state index contributed by atoms with van der Waals surface area (Å²) in [6.07, 6.45) is 5.56. The van der Waals surface area contributed by atoms with Crippen LogP contribution in [0.15, 0.2) is 48.9 Å². The van der Waals surface area contributed by atoms with E-state index in [1.165, 1.54) is 0 Å². The molecule has 132 valence electrons. The predicted molar refractivity (Wildman–Crippen MR) is 89.9 cm³/mol. The molecule has 0 unspecified atom stereocenters. The van der Waals surface area contributed by atoms with Gasteiger partial charge in [-0.05, 0) is 30.7 Å². The Hall–Kier alpha value is -2.51. The molecule has 0 radical (unpaired) electrons. The number of pyridine rings is 2. The molecule has 1 aliphatic heterocycles. The van der Waals surface area contributed by atoms with Gasteiger partial charge >= 0.3 is 0 Å². The lowest BCUT2D eigenvalue weighted by molar-refractivity contribution is -0.128. The van der Waals surface area contributed by atoms with Gasteiger partial charge in [-0.1, -0.05) is 6.07 Å². The van der Waals surface area contributed by atoms with Gasteiger partial charge in [-0.15, -0.1) is 0 Å². The predicted octanol–water partition coefficient (Wildman–Crippen LogP) is 1.35. The highest BCUT2D eigenvalue weighted by Crippen LogP contribution is 2.14. The Balaban J connectivity index is 1.47. The Bertz CT molecular complexity index is 654. The van der Waals surface area contributed by atoms with Crippen molar-refractivity contribution in [2.45, 2.75) is 25.2 Å². The molecule has 1 fully saturated rings. The number of carbonyl (C=O) groups is 1. The van der Waals surface area contributed by atoms with Crippen LogP contribution in [-0.4, -0.2) is 47.8 Å². The molecular weight excluding hydrogens is 322 g/mol. The number of amides is 1. The topological polar surface area (TPSA) is 82.6 Å². The molecule has 1 aliphatic rings. The molecule has 7 nitrogen and oxygen atoms in total. The van der Waals surface area contributed by atoms with E-state index < -0.39 is 0 Å². The van der Waals surface area contributed by atoms with Crippen molar-refractivity contribution in [1.29, 1.82) is 0 Å². The van der Waals surface area contributed by atoms with E-state index in [0.29, 0.717) is 25.6 Å². The molecule has 1 saturated heterocycles. The van der Waals surface area contributed by atoms with Crippen molar-refractivity contribution < 1.29 is 19.0 Å². The summed E-state index contributed by atoms with van der Waals surface area (Å²) >= 11 is 0. The lowest BCUT2D eigenvalue weighted by atomic mass is 10.1. The zero-order chi connectivity index (χ0) is 17.3. The van der Waals surface area contributed by atoms with E-state index in [1.54, 1.807) is 30.7 Å². The molecule has 0 bridgehead atoms. The van der Waals surface area contributed by atoms with E-state index in [-0.39, 0.29) is 24.7 Å². The van der Waals surface area contributed by atoms with Crippen molar-refractivity contribution in [3.05, 3.63) is 54.6 Å². The largest absolute Gasteiger partial charge is 0.482 e. The normalized spacial score (nSPS) is 20.0. The number of hydrogen-bond acceptors (Lipinski definition) is 6. The van der Waals surface area contributed by atoms with Gasteiger partial charge in [0, 0.05) is 19.0 Å². The molecule has 0 spiro atoms. The number of nitrogens with zero attached hydrogens (tertiary/aromatic N) is 2. The lowest BCUT2D eigenvalue weighted by Gasteiger charge is -2.32. The third kappa shape index (κ3) is 5.51. The van der Waals surface area contributed by atoms with Crippen LogP contribution in [0.5, 0.6) is 5.75 Å². The number of hydrogen-bond donors (Lipinski definition) is 1. The van der Waals surface area contributed by atoms with Crippen molar-refractivity contribution >= 4 is 5.91 Å². The van der Waals surface area contributed by atoms with Gasteiger partial charge in [0.25, 0.3) is 5.91 Å². The average Bonchev–Trinajstić information content (AvgIpc) is 2.67. The summed E-state index contributed by atoms with van der Waals surface area (Å²) in [6.45, 7) is 1.37. The average molecular weight is 343 g/mol. The van der Waals surface area contributed by atoms with Gasteiger partial charge in [0.2, 0.25) is 0 Å². The first kappa shape index (κ1) is 17.3. The minimum absolute atomic E-state index is 0.0743. The van der Waals surface area contributed by atoms with Crippen LogP contribution in [0.4, 0.5) is 0 Å². The van der Waals surface area contributed by atoms with Crippen molar-refractivity contribution in [2.75, 3.05) is 19.8 Å². The van der Waals surface area contributed by atoms with Crippen LogP contribution in [-0.2, 0) is 20.9 Å². The summed E-state index contributed by atoms with van der Waals surface area (Å²) in [6, 6.07) is 9.00. The van der Waals surface area contributed by atoms with Crippen LogP contribution in [0, 0.1) is 0 Å². The van der Waals surface area contributed by atoms with Crippen molar-refractivity contribution in [2.24, 2.45) is 0 Å². The molecule has 25 heavy (non-hydrogen) atoms. The van der Waals surface area contributed by atoms with Crippen molar-refractivity contribution in [1.82, 2.24) is 15.3 Å². The minimum Gasteiger partial charge on any atom is -0.482 e. The van der Waals surface area contributed by atoms with Crippen LogP contribution in [0.1, 0.15) is 12.1 Å². The number of rotatable bonds is 7. The smallest absolute Gasteiger partial charge is 0.258 e. The van der Waals surface area contributed by atoms with Gasteiger partial charge in [0.05, 0.1) is 37.3 Å². The molecule has 1 amide bonds. The number of carbonyl (C=O) groups excluding carboxylic acids is 1. The molecule has 0 aromatic carbocycles. The highest BCUT2D eigenvalue weighted by molar-refractivity contribution is 5.77. The molecule has 7 heteroatoms. The summed E-state index contributed by atoms with van der Waals surface area (Å²) in [5.41, 5.74) is 0.860. The van der Waals surface area contributed by atoms with E-state index in [9.17, 15) is 4.79 Å². The van der Waals surface area contributed by atoms with Gasteiger partial charge in [-0.3, -0.25) is 14.8 Å². The van der Waals surface area contributed by atoms with E-state index in [2.05, 4.69) is 15.3 Å². The Kier molecular flexibility index (Phi) is 6.30. The van der Waals surface area contributed by atoms with Crippen LogP contribution in [0.25, 0.3) is 0 Å². The summed E-state index contributed by atoms with van der Waals surface area (Å²) in [4.78, 5) is 20.3. The summed E-state index contributed by atoms with van der Waals surface area (Å²) in [5.74, 6) is 0.339. The quantitative estimate of drug-likeness (QED) is 0.817. The monoisotopic (exact) mass is 343 g/mol. The van der Waals surface area contributed by atoms with Gasteiger partial charge in [0.15, 0.2) is 6.61 Å². The van der Waals surface area contributed by atoms with Gasteiger partial charge < -0.3 is 19.5 Å². The van der Waals surface area contributed by atoms with Crippen LogP contribution in [0.3, 0.4) is 0 Å². The third-order valence-corrected chi connectivity index (χ3v) is 3.82. The molecule has 2 aromatic heterocycles. The fourth-order valence-electron chi connectivity index (χ4n) is 2.56. The molecule has 0 saturated carbocycles. The molecule has 2 atom stereocenters. The minimum atomic E-state index is -0.217. The molecule has 3 rings (SSSR count). The van der Waals surface area contributed by atoms with Crippen LogP contribution in [0.2, 0.25) is 0 Å². The number of aromatic nitrogens is 2. The lowest BCUT2D eigenvalue weighted by Crippen LogP contribution is -2.51. The highest BCUT2D eigenvalue weighted by atomic mass is 16.5. The van der Waals surface area contributed by atoms with E-state index in [4.69, 9.17) is 14.2 Å². The number of ether oxygens (including phenoxy) is 3. The van der Waals surface area contributed by atoms with Gasteiger partial charge in [-0.25, -0.2) is 0 Å². The van der Waals surface area contributed by atoms with Crippen molar-refractivity contribution in [3.63, 3.8) is 0 Å². The Morgan fingerprint density at radius 3 is 3.04 bits per heavy atom. The maximum absolute atomic E-state index is 12.1. The molecule has 0 aliphatic carbocycles. The summed E-state index contributed by atoms with van der Waals surface area (Å²) in [5, 5.41) is 2.92. The maximum atomic E-state index is 12.1.